The van der Waals surface area contributed by atoms with Gasteiger partial charge in [-0.1, -0.05) is 24.1 Å². The van der Waals surface area contributed by atoms with Crippen LogP contribution in [0.5, 0.6) is 0 Å². The SMILES string of the molecule is O=C(C#Cc1ccccc1F)NCCc1cccs1. The van der Waals surface area contributed by atoms with Crippen molar-refractivity contribution in [1.82, 2.24) is 5.32 Å². The molecule has 0 bridgehead atoms. The van der Waals surface area contributed by atoms with Gasteiger partial charge in [-0.2, -0.15) is 0 Å². The van der Waals surface area contributed by atoms with Crippen molar-refractivity contribution in [3.63, 3.8) is 0 Å². The summed E-state index contributed by atoms with van der Waals surface area (Å²) in [5.74, 6) is 4.10. The molecule has 0 aliphatic heterocycles. The quantitative estimate of drug-likeness (QED) is 0.856. The molecule has 96 valence electrons. The summed E-state index contributed by atoms with van der Waals surface area (Å²) in [6.45, 7) is 0.533. The summed E-state index contributed by atoms with van der Waals surface area (Å²) in [6.07, 6.45) is 0.783. The molecular weight excluding hydrogens is 261 g/mol. The summed E-state index contributed by atoms with van der Waals surface area (Å²) in [6, 6.07) is 10.1. The highest BCUT2D eigenvalue weighted by molar-refractivity contribution is 7.09. The highest BCUT2D eigenvalue weighted by Gasteiger charge is 1.98. The molecule has 0 saturated carbocycles. The van der Waals surface area contributed by atoms with Gasteiger partial charge in [0.15, 0.2) is 0 Å². The Morgan fingerprint density at radius 2 is 2.11 bits per heavy atom. The lowest BCUT2D eigenvalue weighted by molar-refractivity contribution is -0.115. The molecule has 1 aromatic heterocycles. The molecule has 2 nitrogen and oxygen atoms in total. The van der Waals surface area contributed by atoms with Crippen molar-refractivity contribution in [2.75, 3.05) is 6.54 Å². The Kier molecular flexibility index (Phi) is 4.71. The second-order valence-electron chi connectivity index (χ2n) is 3.82. The van der Waals surface area contributed by atoms with Gasteiger partial charge in [0.05, 0.1) is 5.56 Å². The number of nitrogens with one attached hydrogen (secondary N) is 1. The molecule has 0 aliphatic carbocycles. The number of halogens is 1. The number of amides is 1. The van der Waals surface area contributed by atoms with Crippen LogP contribution in [0.1, 0.15) is 10.4 Å². The first-order valence-corrected chi connectivity index (χ1v) is 6.70. The number of benzene rings is 1. The second-order valence-corrected chi connectivity index (χ2v) is 4.85. The number of rotatable bonds is 3. The van der Waals surface area contributed by atoms with E-state index >= 15 is 0 Å². The van der Waals surface area contributed by atoms with E-state index in [4.69, 9.17) is 0 Å². The van der Waals surface area contributed by atoms with Gasteiger partial charge in [-0.25, -0.2) is 4.39 Å². The predicted octanol–water partition coefficient (Wildman–Crippen LogP) is 2.60. The third kappa shape index (κ3) is 4.23. The van der Waals surface area contributed by atoms with Crippen molar-refractivity contribution >= 4 is 17.2 Å². The maximum Gasteiger partial charge on any atom is 0.296 e. The molecule has 0 atom stereocenters. The van der Waals surface area contributed by atoms with Gasteiger partial charge in [0.25, 0.3) is 5.91 Å². The predicted molar refractivity (Wildman–Crippen MR) is 74.3 cm³/mol. The molecule has 0 fully saturated rings. The van der Waals surface area contributed by atoms with E-state index in [1.807, 2.05) is 17.5 Å². The number of carbonyl (C=O) groups excluding carboxylic acids is 1. The Labute approximate surface area is 115 Å². The Balaban J connectivity index is 1.83. The molecule has 1 amide bonds. The van der Waals surface area contributed by atoms with Gasteiger partial charge in [-0.3, -0.25) is 4.79 Å². The van der Waals surface area contributed by atoms with Crippen LogP contribution in [-0.4, -0.2) is 12.5 Å². The topological polar surface area (TPSA) is 29.1 Å². The third-order valence-corrected chi connectivity index (χ3v) is 3.36. The van der Waals surface area contributed by atoms with Crippen LogP contribution in [0.15, 0.2) is 41.8 Å². The van der Waals surface area contributed by atoms with Gasteiger partial charge in [0.1, 0.15) is 5.82 Å². The summed E-state index contributed by atoms with van der Waals surface area (Å²) >= 11 is 1.65. The van der Waals surface area contributed by atoms with E-state index in [-0.39, 0.29) is 11.5 Å². The van der Waals surface area contributed by atoms with Crippen molar-refractivity contribution in [2.24, 2.45) is 0 Å². The molecular formula is C15H12FNOS. The maximum absolute atomic E-state index is 13.2. The normalized spacial score (nSPS) is 9.53. The summed E-state index contributed by atoms with van der Waals surface area (Å²) in [4.78, 5) is 12.7. The Morgan fingerprint density at radius 3 is 2.84 bits per heavy atom. The first-order chi connectivity index (χ1) is 9.25. The Bertz CT molecular complexity index is 611. The zero-order valence-corrected chi connectivity index (χ0v) is 11.0. The zero-order valence-electron chi connectivity index (χ0n) is 10.2. The van der Waals surface area contributed by atoms with E-state index in [9.17, 15) is 9.18 Å². The lowest BCUT2D eigenvalue weighted by Crippen LogP contribution is -2.23. The van der Waals surface area contributed by atoms with Gasteiger partial charge in [0.2, 0.25) is 0 Å². The molecule has 0 saturated heterocycles. The average Bonchev–Trinajstić information content (AvgIpc) is 2.91. The number of carbonyl (C=O) groups is 1. The fourth-order valence-electron chi connectivity index (χ4n) is 1.48. The summed E-state index contributed by atoms with van der Waals surface area (Å²) in [5.41, 5.74) is 0.232. The van der Waals surface area contributed by atoms with E-state index in [1.165, 1.54) is 10.9 Å². The van der Waals surface area contributed by atoms with Gasteiger partial charge in [0, 0.05) is 17.3 Å². The number of thiophene rings is 1. The van der Waals surface area contributed by atoms with Gasteiger partial charge in [-0.15, -0.1) is 11.3 Å². The molecule has 0 aliphatic rings. The highest BCUT2D eigenvalue weighted by atomic mass is 32.1. The lowest BCUT2D eigenvalue weighted by Gasteiger charge is -1.98. The van der Waals surface area contributed by atoms with E-state index in [2.05, 4.69) is 17.2 Å². The number of hydrogen-bond donors (Lipinski definition) is 1. The molecule has 2 aromatic rings. The largest absolute Gasteiger partial charge is 0.345 e. The highest BCUT2D eigenvalue weighted by Crippen LogP contribution is 2.08. The van der Waals surface area contributed by atoms with Gasteiger partial charge < -0.3 is 5.32 Å². The molecule has 0 radical (unpaired) electrons. The van der Waals surface area contributed by atoms with Crippen LogP contribution in [0.25, 0.3) is 0 Å². The van der Waals surface area contributed by atoms with Crippen molar-refractivity contribution < 1.29 is 9.18 Å². The van der Waals surface area contributed by atoms with Crippen LogP contribution in [0.2, 0.25) is 0 Å². The van der Waals surface area contributed by atoms with Crippen molar-refractivity contribution in [2.45, 2.75) is 6.42 Å². The van der Waals surface area contributed by atoms with E-state index in [0.29, 0.717) is 6.54 Å². The van der Waals surface area contributed by atoms with Crippen LogP contribution >= 0.6 is 11.3 Å². The van der Waals surface area contributed by atoms with Gasteiger partial charge in [-0.05, 0) is 30.0 Å². The molecule has 4 heteroatoms. The Morgan fingerprint density at radius 1 is 1.26 bits per heavy atom. The van der Waals surface area contributed by atoms with Crippen molar-refractivity contribution in [1.29, 1.82) is 0 Å². The maximum atomic E-state index is 13.2. The van der Waals surface area contributed by atoms with Crippen LogP contribution in [0.3, 0.4) is 0 Å². The molecule has 0 unspecified atom stereocenters. The van der Waals surface area contributed by atoms with Crippen LogP contribution < -0.4 is 5.32 Å². The summed E-state index contributed by atoms with van der Waals surface area (Å²) in [7, 11) is 0. The molecule has 2 rings (SSSR count). The fourth-order valence-corrected chi connectivity index (χ4v) is 2.19. The zero-order chi connectivity index (χ0) is 13.5. The molecule has 19 heavy (non-hydrogen) atoms. The minimum atomic E-state index is -0.415. The molecule has 1 aromatic carbocycles. The Hall–Kier alpha value is -2.12. The van der Waals surface area contributed by atoms with E-state index in [0.717, 1.165) is 6.42 Å². The molecule has 0 spiro atoms. The van der Waals surface area contributed by atoms with Crippen molar-refractivity contribution in [3.05, 3.63) is 58.0 Å². The smallest absolute Gasteiger partial charge is 0.296 e. The average molecular weight is 273 g/mol. The first-order valence-electron chi connectivity index (χ1n) is 5.82. The summed E-state index contributed by atoms with van der Waals surface area (Å²) < 4.78 is 13.2. The summed E-state index contributed by atoms with van der Waals surface area (Å²) in [5, 5.41) is 4.68. The van der Waals surface area contributed by atoms with Gasteiger partial charge >= 0.3 is 0 Å². The minimum absolute atomic E-state index is 0.232. The molecule has 1 heterocycles. The van der Waals surface area contributed by atoms with Crippen LogP contribution in [0.4, 0.5) is 4.39 Å². The first kappa shape index (κ1) is 13.3. The van der Waals surface area contributed by atoms with E-state index < -0.39 is 5.82 Å². The minimum Gasteiger partial charge on any atom is -0.345 e. The molecule has 1 N–H and O–H groups in total. The number of hydrogen-bond acceptors (Lipinski definition) is 2. The standard InChI is InChI=1S/C15H12FNOS/c16-14-6-2-1-4-12(14)7-8-15(18)17-10-9-13-5-3-11-19-13/h1-6,11H,9-10H2,(H,17,18). The van der Waals surface area contributed by atoms with Crippen LogP contribution in [0, 0.1) is 17.7 Å². The second kappa shape index (κ2) is 6.72. The third-order valence-electron chi connectivity index (χ3n) is 2.42. The van der Waals surface area contributed by atoms with E-state index in [1.54, 1.807) is 29.5 Å². The van der Waals surface area contributed by atoms with Crippen molar-refractivity contribution in [3.8, 4) is 11.8 Å². The van der Waals surface area contributed by atoms with Crippen LogP contribution in [-0.2, 0) is 11.2 Å². The monoisotopic (exact) mass is 273 g/mol. The lowest BCUT2D eigenvalue weighted by atomic mass is 10.2. The fraction of sp³-hybridized carbons (Fsp3) is 0.133.